The maximum Gasteiger partial charge on any atom is 0.136 e. The SMILES string of the molecule is CC(=O)CC[C@H]1C(=O)CCCC[C@@H]1C. The van der Waals surface area contributed by atoms with Gasteiger partial charge in [0, 0.05) is 18.8 Å². The first-order valence-corrected chi connectivity index (χ1v) is 5.63. The molecular weight excluding hydrogens is 176 g/mol. The predicted octanol–water partition coefficient (Wildman–Crippen LogP) is 2.75. The van der Waals surface area contributed by atoms with E-state index < -0.39 is 0 Å². The topological polar surface area (TPSA) is 34.1 Å². The molecular formula is C12H20O2. The van der Waals surface area contributed by atoms with Crippen LogP contribution in [0.3, 0.4) is 0 Å². The minimum atomic E-state index is 0.154. The molecule has 14 heavy (non-hydrogen) atoms. The molecule has 0 bridgehead atoms. The van der Waals surface area contributed by atoms with Crippen LogP contribution in [0.5, 0.6) is 0 Å². The minimum Gasteiger partial charge on any atom is -0.300 e. The molecule has 2 nitrogen and oxygen atoms in total. The molecule has 80 valence electrons. The Balaban J connectivity index is 2.51. The molecule has 2 heteroatoms. The highest BCUT2D eigenvalue weighted by molar-refractivity contribution is 5.82. The number of hydrogen-bond acceptors (Lipinski definition) is 2. The Kier molecular flexibility index (Phi) is 4.30. The van der Waals surface area contributed by atoms with Gasteiger partial charge in [-0.25, -0.2) is 0 Å². The molecule has 0 aromatic heterocycles. The third-order valence-electron chi connectivity index (χ3n) is 3.24. The number of hydrogen-bond donors (Lipinski definition) is 0. The molecule has 0 heterocycles. The number of Topliss-reactive ketones (excluding diaryl/α,β-unsaturated/α-hetero) is 2. The van der Waals surface area contributed by atoms with E-state index in [2.05, 4.69) is 6.92 Å². The quantitative estimate of drug-likeness (QED) is 0.650. The van der Waals surface area contributed by atoms with E-state index in [0.29, 0.717) is 18.1 Å². The average Bonchev–Trinajstić information content (AvgIpc) is 2.25. The summed E-state index contributed by atoms with van der Waals surface area (Å²) in [7, 11) is 0. The standard InChI is InChI=1S/C12H20O2/c1-9-5-3-4-6-12(14)11(9)8-7-10(2)13/h9,11H,3-8H2,1-2H3/t9-,11+/m0/s1. The summed E-state index contributed by atoms with van der Waals surface area (Å²) in [6.07, 6.45) is 5.43. The van der Waals surface area contributed by atoms with Crippen molar-refractivity contribution >= 4 is 11.6 Å². The zero-order valence-corrected chi connectivity index (χ0v) is 9.21. The fourth-order valence-electron chi connectivity index (χ4n) is 2.27. The minimum absolute atomic E-state index is 0.154. The van der Waals surface area contributed by atoms with Gasteiger partial charge in [0.2, 0.25) is 0 Å². The zero-order valence-electron chi connectivity index (χ0n) is 9.21. The van der Waals surface area contributed by atoms with Gasteiger partial charge in [0.15, 0.2) is 0 Å². The predicted molar refractivity (Wildman–Crippen MR) is 56.0 cm³/mol. The lowest BCUT2D eigenvalue weighted by Gasteiger charge is -2.19. The van der Waals surface area contributed by atoms with Crippen LogP contribution in [0.4, 0.5) is 0 Å². The molecule has 1 fully saturated rings. The van der Waals surface area contributed by atoms with Gasteiger partial charge in [-0.15, -0.1) is 0 Å². The summed E-state index contributed by atoms with van der Waals surface area (Å²) in [5.41, 5.74) is 0. The van der Waals surface area contributed by atoms with E-state index in [-0.39, 0.29) is 11.7 Å². The van der Waals surface area contributed by atoms with E-state index in [1.165, 1.54) is 6.42 Å². The van der Waals surface area contributed by atoms with Crippen molar-refractivity contribution in [2.75, 3.05) is 0 Å². The fourth-order valence-corrected chi connectivity index (χ4v) is 2.27. The molecule has 0 unspecified atom stereocenters. The number of ketones is 2. The molecule has 1 rings (SSSR count). The Morgan fingerprint density at radius 3 is 2.79 bits per heavy atom. The summed E-state index contributed by atoms with van der Waals surface area (Å²) in [6, 6.07) is 0. The fraction of sp³-hybridized carbons (Fsp3) is 0.833. The van der Waals surface area contributed by atoms with E-state index in [1.54, 1.807) is 6.92 Å². The Bertz CT molecular complexity index is 220. The van der Waals surface area contributed by atoms with E-state index in [1.807, 2.05) is 0 Å². The second kappa shape index (κ2) is 5.28. The second-order valence-electron chi connectivity index (χ2n) is 4.54. The van der Waals surface area contributed by atoms with Crippen molar-refractivity contribution in [3.63, 3.8) is 0 Å². The molecule has 0 N–H and O–H groups in total. The molecule has 1 aliphatic rings. The summed E-state index contributed by atoms with van der Waals surface area (Å²) in [6.45, 7) is 3.75. The Morgan fingerprint density at radius 1 is 1.43 bits per heavy atom. The molecule has 0 aromatic carbocycles. The van der Waals surface area contributed by atoms with Crippen molar-refractivity contribution < 1.29 is 9.59 Å². The molecule has 0 radical (unpaired) electrons. The molecule has 1 aliphatic carbocycles. The van der Waals surface area contributed by atoms with Crippen LogP contribution in [0.2, 0.25) is 0 Å². The summed E-state index contributed by atoms with van der Waals surface area (Å²) in [5, 5.41) is 0. The van der Waals surface area contributed by atoms with Crippen LogP contribution in [-0.4, -0.2) is 11.6 Å². The van der Waals surface area contributed by atoms with Crippen molar-refractivity contribution in [3.05, 3.63) is 0 Å². The lowest BCUT2D eigenvalue weighted by Crippen LogP contribution is -2.20. The van der Waals surface area contributed by atoms with Crippen molar-refractivity contribution in [1.82, 2.24) is 0 Å². The van der Waals surface area contributed by atoms with Gasteiger partial charge in [0.25, 0.3) is 0 Å². The summed E-state index contributed by atoms with van der Waals surface area (Å²) in [5.74, 6) is 1.22. The highest BCUT2D eigenvalue weighted by Gasteiger charge is 2.26. The van der Waals surface area contributed by atoms with Crippen molar-refractivity contribution in [2.45, 2.75) is 52.4 Å². The Morgan fingerprint density at radius 2 is 2.14 bits per heavy atom. The monoisotopic (exact) mass is 196 g/mol. The molecule has 2 atom stereocenters. The van der Waals surface area contributed by atoms with Gasteiger partial charge in [-0.1, -0.05) is 19.8 Å². The van der Waals surface area contributed by atoms with Crippen LogP contribution in [0.1, 0.15) is 52.4 Å². The van der Waals surface area contributed by atoms with E-state index in [4.69, 9.17) is 0 Å². The smallest absolute Gasteiger partial charge is 0.136 e. The van der Waals surface area contributed by atoms with Crippen LogP contribution < -0.4 is 0 Å². The summed E-state index contributed by atoms with van der Waals surface area (Å²) in [4.78, 5) is 22.6. The first kappa shape index (κ1) is 11.4. The van der Waals surface area contributed by atoms with Crippen LogP contribution in [0, 0.1) is 11.8 Å². The van der Waals surface area contributed by atoms with E-state index in [0.717, 1.165) is 25.7 Å². The highest BCUT2D eigenvalue weighted by Crippen LogP contribution is 2.29. The van der Waals surface area contributed by atoms with E-state index in [9.17, 15) is 9.59 Å². The average molecular weight is 196 g/mol. The Hall–Kier alpha value is -0.660. The summed E-state index contributed by atoms with van der Waals surface area (Å²) < 4.78 is 0. The molecule has 0 aromatic rings. The maximum atomic E-state index is 11.7. The van der Waals surface area contributed by atoms with Crippen molar-refractivity contribution in [3.8, 4) is 0 Å². The van der Waals surface area contributed by atoms with Gasteiger partial charge in [0.1, 0.15) is 11.6 Å². The lowest BCUT2D eigenvalue weighted by molar-refractivity contribution is -0.124. The zero-order chi connectivity index (χ0) is 10.6. The summed E-state index contributed by atoms with van der Waals surface area (Å²) >= 11 is 0. The van der Waals surface area contributed by atoms with Crippen LogP contribution in [0.25, 0.3) is 0 Å². The van der Waals surface area contributed by atoms with Crippen molar-refractivity contribution in [1.29, 1.82) is 0 Å². The van der Waals surface area contributed by atoms with Gasteiger partial charge in [0.05, 0.1) is 0 Å². The Labute approximate surface area is 86.1 Å². The molecule has 0 spiro atoms. The first-order chi connectivity index (χ1) is 6.61. The maximum absolute atomic E-state index is 11.7. The third kappa shape index (κ3) is 3.24. The van der Waals surface area contributed by atoms with Gasteiger partial charge < -0.3 is 4.79 Å². The van der Waals surface area contributed by atoms with Gasteiger partial charge in [-0.3, -0.25) is 4.79 Å². The van der Waals surface area contributed by atoms with Gasteiger partial charge in [-0.05, 0) is 25.7 Å². The highest BCUT2D eigenvalue weighted by atomic mass is 16.1. The molecule has 1 saturated carbocycles. The number of carbonyl (C=O) groups is 2. The number of rotatable bonds is 3. The normalized spacial score (nSPS) is 28.6. The van der Waals surface area contributed by atoms with Crippen LogP contribution in [-0.2, 0) is 9.59 Å². The van der Waals surface area contributed by atoms with Crippen molar-refractivity contribution in [2.24, 2.45) is 11.8 Å². The third-order valence-corrected chi connectivity index (χ3v) is 3.24. The molecule has 0 aliphatic heterocycles. The van der Waals surface area contributed by atoms with Crippen LogP contribution >= 0.6 is 0 Å². The second-order valence-corrected chi connectivity index (χ2v) is 4.54. The van der Waals surface area contributed by atoms with E-state index >= 15 is 0 Å². The molecule has 0 saturated heterocycles. The van der Waals surface area contributed by atoms with Gasteiger partial charge >= 0.3 is 0 Å². The van der Waals surface area contributed by atoms with Gasteiger partial charge in [-0.2, -0.15) is 0 Å². The lowest BCUT2D eigenvalue weighted by atomic mass is 9.84. The molecule has 0 amide bonds. The van der Waals surface area contributed by atoms with Crippen LogP contribution in [0.15, 0.2) is 0 Å². The first-order valence-electron chi connectivity index (χ1n) is 5.63. The number of carbonyl (C=O) groups excluding carboxylic acids is 2. The largest absolute Gasteiger partial charge is 0.300 e.